The Balaban J connectivity index is 1.47. The smallest absolute Gasteiger partial charge is 0.160 e. The van der Waals surface area contributed by atoms with Crippen molar-refractivity contribution in [3.63, 3.8) is 0 Å². The number of thioether (sulfide) groups is 1. The van der Waals surface area contributed by atoms with E-state index in [2.05, 4.69) is 26.9 Å². The minimum absolute atomic E-state index is 0.587. The lowest BCUT2D eigenvalue weighted by Gasteiger charge is -2.56. The highest BCUT2D eigenvalue weighted by molar-refractivity contribution is 7.99. The molecule has 4 bridgehead atoms. The number of hydrogen-bond acceptors (Lipinski definition) is 3. The van der Waals surface area contributed by atoms with Crippen LogP contribution in [0.4, 0.5) is 0 Å². The number of aromatic nitrogens is 3. The van der Waals surface area contributed by atoms with E-state index in [9.17, 15) is 0 Å². The number of rotatable bonds is 3. The fourth-order valence-electron chi connectivity index (χ4n) is 4.88. The van der Waals surface area contributed by atoms with Crippen molar-refractivity contribution in [2.24, 2.45) is 17.8 Å². The van der Waals surface area contributed by atoms with Gasteiger partial charge in [-0.1, -0.05) is 0 Å². The lowest BCUT2D eigenvalue weighted by atomic mass is 9.56. The van der Waals surface area contributed by atoms with Crippen LogP contribution in [0.3, 0.4) is 0 Å². The average molecular weight is 263 g/mol. The summed E-state index contributed by atoms with van der Waals surface area (Å²) in [4.78, 5) is 4.44. The number of aromatic amines is 1. The Morgan fingerprint density at radius 1 is 1.17 bits per heavy atom. The van der Waals surface area contributed by atoms with Gasteiger partial charge in [0.05, 0.1) is 5.75 Å². The Labute approximate surface area is 113 Å². The van der Waals surface area contributed by atoms with Crippen molar-refractivity contribution < 1.29 is 0 Å². The molecule has 18 heavy (non-hydrogen) atoms. The first kappa shape index (κ1) is 11.3. The molecule has 1 N–H and O–H groups in total. The van der Waals surface area contributed by atoms with E-state index in [1.54, 1.807) is 0 Å². The molecule has 98 valence electrons. The normalized spacial score (nSPS) is 41.5. The molecule has 4 saturated carbocycles. The number of aryl methyl sites for hydroxylation is 1. The molecule has 4 heteroatoms. The van der Waals surface area contributed by atoms with Gasteiger partial charge in [-0.15, -0.1) is 11.8 Å². The fourth-order valence-corrected chi connectivity index (χ4v) is 6.50. The molecule has 0 amide bonds. The van der Waals surface area contributed by atoms with Gasteiger partial charge in [0.2, 0.25) is 0 Å². The van der Waals surface area contributed by atoms with E-state index in [1.165, 1.54) is 38.5 Å². The molecular formula is C14H21N3S. The molecule has 4 fully saturated rings. The summed E-state index contributed by atoms with van der Waals surface area (Å²) in [6, 6.07) is 0. The predicted molar refractivity (Wildman–Crippen MR) is 73.3 cm³/mol. The number of H-pyrrole nitrogens is 1. The zero-order valence-electron chi connectivity index (χ0n) is 11.0. The maximum absolute atomic E-state index is 4.44. The minimum Gasteiger partial charge on any atom is -0.263 e. The molecule has 3 nitrogen and oxygen atoms in total. The first-order valence-corrected chi connectivity index (χ1v) is 8.21. The van der Waals surface area contributed by atoms with Crippen molar-refractivity contribution in [3.05, 3.63) is 11.6 Å². The van der Waals surface area contributed by atoms with Gasteiger partial charge in [-0.25, -0.2) is 4.98 Å². The van der Waals surface area contributed by atoms with Crippen LogP contribution in [0, 0.1) is 24.7 Å². The SMILES string of the molecule is Cc1nc(CSC23CC4CC(CC(C4)C2)C3)n[nH]1. The third-order valence-corrected chi connectivity index (χ3v) is 6.65. The van der Waals surface area contributed by atoms with E-state index in [-0.39, 0.29) is 0 Å². The highest BCUT2D eigenvalue weighted by atomic mass is 32.2. The first-order valence-electron chi connectivity index (χ1n) is 7.23. The van der Waals surface area contributed by atoms with Crippen LogP contribution in [0.5, 0.6) is 0 Å². The molecule has 0 saturated heterocycles. The summed E-state index contributed by atoms with van der Waals surface area (Å²) < 4.78 is 0.587. The van der Waals surface area contributed by atoms with Crippen molar-refractivity contribution in [2.75, 3.05) is 0 Å². The summed E-state index contributed by atoms with van der Waals surface area (Å²) >= 11 is 2.16. The second kappa shape index (κ2) is 3.99. The van der Waals surface area contributed by atoms with Crippen molar-refractivity contribution in [3.8, 4) is 0 Å². The molecule has 0 unspecified atom stereocenters. The largest absolute Gasteiger partial charge is 0.263 e. The molecule has 0 aromatic carbocycles. The molecule has 0 atom stereocenters. The highest BCUT2D eigenvalue weighted by Gasteiger charge is 2.51. The maximum atomic E-state index is 4.44. The summed E-state index contributed by atoms with van der Waals surface area (Å²) in [5.74, 6) is 6.05. The molecule has 0 spiro atoms. The Bertz CT molecular complexity index is 418. The van der Waals surface area contributed by atoms with Crippen LogP contribution >= 0.6 is 11.8 Å². The van der Waals surface area contributed by atoms with Crippen LogP contribution < -0.4 is 0 Å². The number of hydrogen-bond donors (Lipinski definition) is 1. The highest BCUT2D eigenvalue weighted by Crippen LogP contribution is 2.60. The van der Waals surface area contributed by atoms with Gasteiger partial charge in [0.1, 0.15) is 5.82 Å². The van der Waals surface area contributed by atoms with E-state index in [0.29, 0.717) is 4.75 Å². The summed E-state index contributed by atoms with van der Waals surface area (Å²) in [5.41, 5.74) is 0. The maximum Gasteiger partial charge on any atom is 0.160 e. The van der Waals surface area contributed by atoms with Gasteiger partial charge in [-0.2, -0.15) is 5.10 Å². The zero-order valence-corrected chi connectivity index (χ0v) is 11.8. The molecule has 1 aromatic rings. The molecule has 4 aliphatic carbocycles. The fraction of sp³-hybridized carbons (Fsp3) is 0.857. The van der Waals surface area contributed by atoms with Crippen LogP contribution in [0.2, 0.25) is 0 Å². The van der Waals surface area contributed by atoms with Crippen molar-refractivity contribution in [1.82, 2.24) is 15.2 Å². The first-order chi connectivity index (χ1) is 8.71. The van der Waals surface area contributed by atoms with Crippen LogP contribution in [0.15, 0.2) is 0 Å². The van der Waals surface area contributed by atoms with Gasteiger partial charge >= 0.3 is 0 Å². The average Bonchev–Trinajstić information content (AvgIpc) is 2.71. The molecule has 0 radical (unpaired) electrons. The molecule has 1 aromatic heterocycles. The Kier molecular flexibility index (Phi) is 2.51. The number of nitrogens with zero attached hydrogens (tertiary/aromatic N) is 2. The van der Waals surface area contributed by atoms with Crippen LogP contribution in [-0.4, -0.2) is 19.9 Å². The summed E-state index contributed by atoms with van der Waals surface area (Å²) in [7, 11) is 0. The summed E-state index contributed by atoms with van der Waals surface area (Å²) in [6.45, 7) is 1.98. The van der Waals surface area contributed by atoms with Gasteiger partial charge < -0.3 is 0 Å². The topological polar surface area (TPSA) is 41.6 Å². The molecule has 1 heterocycles. The zero-order chi connectivity index (χ0) is 12.2. The molecule has 4 aliphatic rings. The molecule has 0 aliphatic heterocycles. The third-order valence-electron chi connectivity index (χ3n) is 5.13. The molecule has 5 rings (SSSR count). The Hall–Kier alpha value is -0.510. The van der Waals surface area contributed by atoms with Crippen LogP contribution in [-0.2, 0) is 5.75 Å². The van der Waals surface area contributed by atoms with Gasteiger partial charge in [-0.05, 0) is 63.2 Å². The van der Waals surface area contributed by atoms with E-state index in [1.807, 2.05) is 6.92 Å². The lowest BCUT2D eigenvalue weighted by Crippen LogP contribution is -2.48. The minimum atomic E-state index is 0.587. The third kappa shape index (κ3) is 1.89. The van der Waals surface area contributed by atoms with E-state index >= 15 is 0 Å². The quantitative estimate of drug-likeness (QED) is 0.909. The Morgan fingerprint density at radius 3 is 2.28 bits per heavy atom. The van der Waals surface area contributed by atoms with Gasteiger partial charge in [0.15, 0.2) is 5.82 Å². The second-order valence-corrected chi connectivity index (χ2v) is 8.17. The van der Waals surface area contributed by atoms with Crippen molar-refractivity contribution in [1.29, 1.82) is 0 Å². The Morgan fingerprint density at radius 2 is 1.78 bits per heavy atom. The van der Waals surface area contributed by atoms with Gasteiger partial charge in [0.25, 0.3) is 0 Å². The number of nitrogens with one attached hydrogen (secondary N) is 1. The molecular weight excluding hydrogens is 242 g/mol. The van der Waals surface area contributed by atoms with E-state index in [0.717, 1.165) is 35.2 Å². The summed E-state index contributed by atoms with van der Waals surface area (Å²) in [5, 5.41) is 7.23. The van der Waals surface area contributed by atoms with Crippen molar-refractivity contribution >= 4 is 11.8 Å². The summed E-state index contributed by atoms with van der Waals surface area (Å²) in [6.07, 6.45) is 8.98. The van der Waals surface area contributed by atoms with Crippen molar-refractivity contribution in [2.45, 2.75) is 55.9 Å². The second-order valence-electron chi connectivity index (χ2n) is 6.73. The van der Waals surface area contributed by atoms with E-state index < -0.39 is 0 Å². The predicted octanol–water partition coefficient (Wildman–Crippen LogP) is 3.32. The standard InChI is InChI=1S/C14H21N3S/c1-9-15-13(17-16-9)8-18-14-5-10-2-11(6-14)4-12(3-10)7-14/h10-12H,2-8H2,1H3,(H,15,16,17). The van der Waals surface area contributed by atoms with E-state index in [4.69, 9.17) is 0 Å². The lowest BCUT2D eigenvalue weighted by molar-refractivity contribution is 0.0383. The van der Waals surface area contributed by atoms with Crippen LogP contribution in [0.1, 0.15) is 50.2 Å². The van der Waals surface area contributed by atoms with Gasteiger partial charge in [0, 0.05) is 4.75 Å². The van der Waals surface area contributed by atoms with Gasteiger partial charge in [-0.3, -0.25) is 5.10 Å². The monoisotopic (exact) mass is 263 g/mol. The van der Waals surface area contributed by atoms with Crippen LogP contribution in [0.25, 0.3) is 0 Å².